The molecule has 0 radical (unpaired) electrons. The number of halogens is 3. The number of hydrogen-bond acceptors (Lipinski definition) is 5. The molecule has 1 aliphatic heterocycles. The zero-order valence-corrected chi connectivity index (χ0v) is 20.7. The average Bonchev–Trinajstić information content (AvgIpc) is 2.83. The number of para-hydroxylation sites is 1. The summed E-state index contributed by atoms with van der Waals surface area (Å²) < 4.78 is 72.3. The van der Waals surface area contributed by atoms with Crippen molar-refractivity contribution in [1.29, 1.82) is 0 Å². The van der Waals surface area contributed by atoms with Crippen molar-refractivity contribution >= 4 is 21.8 Å². The molecule has 0 spiro atoms. The molecule has 0 aromatic heterocycles. The first-order valence-electron chi connectivity index (χ1n) is 11.3. The van der Waals surface area contributed by atoms with Crippen LogP contribution in [-0.4, -0.2) is 56.8 Å². The van der Waals surface area contributed by atoms with Gasteiger partial charge in [-0.3, -0.25) is 9.59 Å². The number of carbonyl (C=O) groups excluding carboxylic acids is 2. The lowest BCUT2D eigenvalue weighted by atomic mass is 10.0. The second-order valence-electron chi connectivity index (χ2n) is 8.45. The van der Waals surface area contributed by atoms with Crippen LogP contribution in [0.25, 0.3) is 0 Å². The second-order valence-corrected chi connectivity index (χ2v) is 10.4. The lowest BCUT2D eigenvalue weighted by Crippen LogP contribution is -2.53. The Bertz CT molecular complexity index is 1200. The lowest BCUT2D eigenvalue weighted by Gasteiger charge is -2.33. The summed E-state index contributed by atoms with van der Waals surface area (Å²) in [6.45, 7) is 1.18. The Morgan fingerprint density at radius 2 is 1.69 bits per heavy atom. The van der Waals surface area contributed by atoms with Crippen LogP contribution < -0.4 is 15.4 Å². The van der Waals surface area contributed by atoms with Gasteiger partial charge in [-0.05, 0) is 36.6 Å². The van der Waals surface area contributed by atoms with Gasteiger partial charge < -0.3 is 15.4 Å². The molecule has 1 aliphatic rings. The topological polar surface area (TPSA) is 105 Å². The van der Waals surface area contributed by atoms with E-state index in [1.807, 2.05) is 0 Å². The standard InChI is InChI=1S/C24H28F3N3O5S/c1-16(31)28-20(15-17-7-3-5-9-21(17)35-2)23(32)29-18-11-13-30(14-12-18)36(33,34)22-10-6-4-8-19(22)24(25,26)27/h3-10,18,20H,11-15H2,1-2H3,(H,28,31)(H,29,32)/t20-/m1/s1. The number of hydrogen-bond donors (Lipinski definition) is 2. The lowest BCUT2D eigenvalue weighted by molar-refractivity contribution is -0.140. The van der Waals surface area contributed by atoms with Crippen molar-refractivity contribution in [2.24, 2.45) is 0 Å². The second kappa shape index (κ2) is 11.3. The van der Waals surface area contributed by atoms with Crippen molar-refractivity contribution in [2.45, 2.75) is 49.3 Å². The molecular weight excluding hydrogens is 499 g/mol. The van der Waals surface area contributed by atoms with E-state index in [0.717, 1.165) is 28.1 Å². The molecule has 196 valence electrons. The minimum absolute atomic E-state index is 0.0587. The van der Waals surface area contributed by atoms with Gasteiger partial charge in [0.05, 0.1) is 17.6 Å². The SMILES string of the molecule is COc1ccccc1C[C@@H](NC(C)=O)C(=O)NC1CCN(S(=O)(=O)c2ccccc2C(F)(F)F)CC1. The van der Waals surface area contributed by atoms with Crippen LogP contribution in [0.15, 0.2) is 53.4 Å². The minimum Gasteiger partial charge on any atom is -0.496 e. The first kappa shape index (κ1) is 27.5. The highest BCUT2D eigenvalue weighted by molar-refractivity contribution is 7.89. The zero-order valence-electron chi connectivity index (χ0n) is 19.8. The first-order valence-corrected chi connectivity index (χ1v) is 12.7. The van der Waals surface area contributed by atoms with Crippen molar-refractivity contribution in [3.05, 3.63) is 59.7 Å². The summed E-state index contributed by atoms with van der Waals surface area (Å²) >= 11 is 0. The van der Waals surface area contributed by atoms with Gasteiger partial charge in [-0.1, -0.05) is 30.3 Å². The van der Waals surface area contributed by atoms with Gasteiger partial charge in [0, 0.05) is 32.5 Å². The third-order valence-electron chi connectivity index (χ3n) is 5.92. The highest BCUT2D eigenvalue weighted by Gasteiger charge is 2.40. The summed E-state index contributed by atoms with van der Waals surface area (Å²) in [6, 6.07) is 9.87. The van der Waals surface area contributed by atoms with Crippen molar-refractivity contribution in [3.8, 4) is 5.75 Å². The molecule has 0 aliphatic carbocycles. The molecule has 2 amide bonds. The van der Waals surface area contributed by atoms with Gasteiger partial charge in [0.15, 0.2) is 0 Å². The molecule has 0 bridgehead atoms. The van der Waals surface area contributed by atoms with Gasteiger partial charge in [0.25, 0.3) is 0 Å². The van der Waals surface area contributed by atoms with Crippen LogP contribution in [0.1, 0.15) is 30.9 Å². The summed E-state index contributed by atoms with van der Waals surface area (Å²) in [6.07, 6.45) is -4.21. The van der Waals surface area contributed by atoms with Gasteiger partial charge in [-0.2, -0.15) is 17.5 Å². The Morgan fingerprint density at radius 3 is 2.31 bits per heavy atom. The molecule has 12 heteroatoms. The van der Waals surface area contributed by atoms with Crippen molar-refractivity contribution in [1.82, 2.24) is 14.9 Å². The number of rotatable bonds is 8. The number of alkyl halides is 3. The maximum Gasteiger partial charge on any atom is 0.417 e. The maximum absolute atomic E-state index is 13.4. The number of piperidine rings is 1. The van der Waals surface area contributed by atoms with E-state index in [1.165, 1.54) is 20.1 Å². The van der Waals surface area contributed by atoms with Gasteiger partial charge in [0.2, 0.25) is 21.8 Å². The summed E-state index contributed by atoms with van der Waals surface area (Å²) in [5.74, 6) is -0.271. The van der Waals surface area contributed by atoms with Gasteiger partial charge in [-0.15, -0.1) is 0 Å². The molecular formula is C24H28F3N3O5S. The Hall–Kier alpha value is -3.12. The van der Waals surface area contributed by atoms with Crippen LogP contribution in [0.2, 0.25) is 0 Å². The quantitative estimate of drug-likeness (QED) is 0.550. The van der Waals surface area contributed by atoms with Gasteiger partial charge in [-0.25, -0.2) is 8.42 Å². The molecule has 2 N–H and O–H groups in total. The van der Waals surface area contributed by atoms with Crippen LogP contribution >= 0.6 is 0 Å². The summed E-state index contributed by atoms with van der Waals surface area (Å²) in [5.41, 5.74) is -0.493. The van der Waals surface area contributed by atoms with Gasteiger partial charge in [0.1, 0.15) is 11.8 Å². The van der Waals surface area contributed by atoms with Crippen molar-refractivity contribution in [3.63, 3.8) is 0 Å². The molecule has 1 saturated heterocycles. The maximum atomic E-state index is 13.4. The monoisotopic (exact) mass is 527 g/mol. The van der Waals surface area contributed by atoms with Crippen molar-refractivity contribution in [2.75, 3.05) is 20.2 Å². The fraction of sp³-hybridized carbons (Fsp3) is 0.417. The van der Waals surface area contributed by atoms with E-state index >= 15 is 0 Å². The van der Waals surface area contributed by atoms with Crippen LogP contribution in [0.4, 0.5) is 13.2 Å². The fourth-order valence-corrected chi connectivity index (χ4v) is 5.84. The normalized spacial score (nSPS) is 16.2. The predicted octanol–water partition coefficient (Wildman–Crippen LogP) is 2.73. The average molecular weight is 528 g/mol. The summed E-state index contributed by atoms with van der Waals surface area (Å²) in [5, 5.41) is 5.46. The van der Waals surface area contributed by atoms with E-state index < -0.39 is 50.6 Å². The molecule has 3 rings (SSSR count). The van der Waals surface area contributed by atoms with E-state index in [-0.39, 0.29) is 32.4 Å². The van der Waals surface area contributed by atoms with E-state index in [9.17, 15) is 31.2 Å². The van der Waals surface area contributed by atoms with Crippen LogP contribution in [-0.2, 0) is 32.2 Å². The molecule has 36 heavy (non-hydrogen) atoms. The molecule has 0 saturated carbocycles. The predicted molar refractivity (Wildman–Crippen MR) is 126 cm³/mol. The molecule has 8 nitrogen and oxygen atoms in total. The van der Waals surface area contributed by atoms with Crippen LogP contribution in [0.5, 0.6) is 5.75 Å². The molecule has 1 fully saturated rings. The van der Waals surface area contributed by atoms with E-state index in [0.29, 0.717) is 5.75 Å². The molecule has 0 unspecified atom stereocenters. The number of nitrogens with one attached hydrogen (secondary N) is 2. The zero-order chi connectivity index (χ0) is 26.5. The molecule has 2 aromatic rings. The number of nitrogens with zero attached hydrogens (tertiary/aromatic N) is 1. The van der Waals surface area contributed by atoms with Gasteiger partial charge >= 0.3 is 6.18 Å². The van der Waals surface area contributed by atoms with E-state index in [1.54, 1.807) is 24.3 Å². The third kappa shape index (κ3) is 6.55. The molecule has 1 heterocycles. The minimum atomic E-state index is -4.81. The Morgan fingerprint density at radius 1 is 1.08 bits per heavy atom. The smallest absolute Gasteiger partial charge is 0.417 e. The molecule has 1 atom stereocenters. The molecule has 2 aromatic carbocycles. The van der Waals surface area contributed by atoms with E-state index in [2.05, 4.69) is 10.6 Å². The van der Waals surface area contributed by atoms with E-state index in [4.69, 9.17) is 4.74 Å². The summed E-state index contributed by atoms with van der Waals surface area (Å²) in [7, 11) is -2.88. The Balaban J connectivity index is 1.67. The first-order chi connectivity index (χ1) is 16.9. The Labute approximate surface area is 207 Å². The number of benzene rings is 2. The number of methoxy groups -OCH3 is 1. The number of amides is 2. The largest absolute Gasteiger partial charge is 0.496 e. The third-order valence-corrected chi connectivity index (χ3v) is 7.88. The van der Waals surface area contributed by atoms with Crippen molar-refractivity contribution < 1.29 is 35.9 Å². The van der Waals surface area contributed by atoms with Crippen LogP contribution in [0.3, 0.4) is 0 Å². The van der Waals surface area contributed by atoms with Crippen LogP contribution in [0, 0.1) is 0 Å². The summed E-state index contributed by atoms with van der Waals surface area (Å²) in [4.78, 5) is 23.9. The number of carbonyl (C=O) groups is 2. The fourth-order valence-electron chi connectivity index (χ4n) is 4.15. The Kier molecular flexibility index (Phi) is 8.62. The highest BCUT2D eigenvalue weighted by atomic mass is 32.2. The highest BCUT2D eigenvalue weighted by Crippen LogP contribution is 2.35. The number of sulfonamides is 1. The number of ether oxygens (including phenoxy) is 1.